The molecular weight excluding hydrogens is 295 g/mol. The Morgan fingerprint density at radius 2 is 1.50 bits per heavy atom. The van der Waals surface area contributed by atoms with Crippen LogP contribution in [-0.4, -0.2) is 5.11 Å². The molecule has 0 radical (unpaired) electrons. The zero-order valence-corrected chi connectivity index (χ0v) is 11.9. The maximum absolute atomic E-state index is 12.6. The molecule has 0 bridgehead atoms. The zero-order valence-electron chi connectivity index (χ0n) is 10.8. The molecule has 0 spiro atoms. The van der Waals surface area contributed by atoms with E-state index in [4.69, 9.17) is 0 Å². The minimum atomic E-state index is -0.661. The molecule has 104 valence electrons. The van der Waals surface area contributed by atoms with Gasteiger partial charge in [-0.25, -0.2) is 28.7 Å². The molecule has 1 N–H and O–H groups in total. The number of hydrogen-bond donors (Lipinski definition) is 1. The van der Waals surface area contributed by atoms with Gasteiger partial charge < -0.3 is 5.11 Å². The molecule has 1 unspecified atom stereocenters. The van der Waals surface area contributed by atoms with Gasteiger partial charge in [0.2, 0.25) is 0 Å². The van der Waals surface area contributed by atoms with E-state index in [1.807, 2.05) is 54.6 Å². The number of aliphatic hydroxyl groups is 1. The molecule has 0 aromatic heterocycles. The maximum atomic E-state index is 12.6. The second kappa shape index (κ2) is 8.49. The van der Waals surface area contributed by atoms with Crippen LogP contribution in [0.5, 0.6) is 0 Å². The first-order chi connectivity index (χ1) is 9.27. The van der Waals surface area contributed by atoms with Gasteiger partial charge in [0.25, 0.3) is 0 Å². The molecule has 3 aromatic rings. The first-order valence-electron chi connectivity index (χ1n) is 6.09. The van der Waals surface area contributed by atoms with E-state index in [1.54, 1.807) is 12.1 Å². The Morgan fingerprint density at radius 1 is 0.950 bits per heavy atom. The zero-order chi connectivity index (χ0) is 13.5. The molecule has 1 nitrogen and oxygen atoms in total. The van der Waals surface area contributed by atoms with Gasteiger partial charge in [0.05, 0.1) is 6.10 Å². The van der Waals surface area contributed by atoms with Crippen LogP contribution in [0.3, 0.4) is 0 Å². The third kappa shape index (κ3) is 4.78. The molecule has 3 aromatic carbocycles. The second-order valence-electron chi connectivity index (χ2n) is 4.13. The van der Waals surface area contributed by atoms with Gasteiger partial charge in [-0.05, 0) is 17.7 Å². The quantitative estimate of drug-likeness (QED) is 0.560. The Hall–Kier alpha value is -1.67. The van der Waals surface area contributed by atoms with E-state index in [0.717, 1.165) is 5.56 Å². The predicted octanol–water partition coefficient (Wildman–Crippen LogP) is 4.03. The fraction of sp³-hybridized carbons (Fsp3) is 0.0588. The largest absolute Gasteiger partial charge is 2.00 e. The van der Waals surface area contributed by atoms with Crippen LogP contribution in [0.4, 0.5) is 4.39 Å². The van der Waals surface area contributed by atoms with Crippen molar-refractivity contribution in [2.45, 2.75) is 6.10 Å². The predicted molar refractivity (Wildman–Crippen MR) is 74.5 cm³/mol. The van der Waals surface area contributed by atoms with E-state index in [9.17, 15) is 9.50 Å². The van der Waals surface area contributed by atoms with Crippen molar-refractivity contribution in [1.82, 2.24) is 0 Å². The molecule has 0 fully saturated rings. The summed E-state index contributed by atoms with van der Waals surface area (Å²) in [5.74, 6) is -0.288. The van der Waals surface area contributed by atoms with Gasteiger partial charge >= 0.3 is 17.1 Å². The maximum Gasteiger partial charge on any atom is 2.00 e. The second-order valence-corrected chi connectivity index (χ2v) is 4.13. The van der Waals surface area contributed by atoms with Gasteiger partial charge in [-0.15, -0.1) is 5.56 Å². The van der Waals surface area contributed by atoms with Crippen molar-refractivity contribution < 1.29 is 26.6 Å². The van der Waals surface area contributed by atoms with E-state index in [-0.39, 0.29) is 22.9 Å². The average molecular weight is 310 g/mol. The normalized spacial score (nSPS) is 10.9. The van der Waals surface area contributed by atoms with E-state index < -0.39 is 6.10 Å². The summed E-state index contributed by atoms with van der Waals surface area (Å²) in [4.78, 5) is 0. The fourth-order valence-corrected chi connectivity index (χ4v) is 1.73. The smallest absolute Gasteiger partial charge is 0.396 e. The third-order valence-electron chi connectivity index (χ3n) is 2.75. The molecule has 1 atom stereocenters. The van der Waals surface area contributed by atoms with Crippen molar-refractivity contribution in [1.29, 1.82) is 0 Å². The van der Waals surface area contributed by atoms with E-state index >= 15 is 0 Å². The first-order valence-corrected chi connectivity index (χ1v) is 6.09. The van der Waals surface area contributed by atoms with Crippen molar-refractivity contribution in [3.63, 3.8) is 0 Å². The molecule has 0 saturated heterocycles. The summed E-state index contributed by atoms with van der Waals surface area (Å²) in [7, 11) is 0. The van der Waals surface area contributed by atoms with Gasteiger partial charge in [0.15, 0.2) is 0 Å². The van der Waals surface area contributed by atoms with Crippen LogP contribution in [0.2, 0.25) is 0 Å². The number of aliphatic hydroxyl groups excluding tert-OH is 1. The molecule has 0 aliphatic heterocycles. The van der Waals surface area contributed by atoms with Crippen LogP contribution in [0.25, 0.3) is 0 Å². The fourth-order valence-electron chi connectivity index (χ4n) is 1.73. The summed E-state index contributed by atoms with van der Waals surface area (Å²) in [5, 5.41) is 9.85. The summed E-state index contributed by atoms with van der Waals surface area (Å²) in [6.45, 7) is 0. The van der Waals surface area contributed by atoms with Gasteiger partial charge in [0.1, 0.15) is 5.82 Å². The topological polar surface area (TPSA) is 20.2 Å². The van der Waals surface area contributed by atoms with Gasteiger partial charge in [-0.3, -0.25) is 0 Å². The number of rotatable bonds is 2. The first kappa shape index (κ1) is 16.4. The average Bonchev–Trinajstić information content (AvgIpc) is 3.15. The summed E-state index contributed by atoms with van der Waals surface area (Å²) in [6, 6.07) is 23.3. The van der Waals surface area contributed by atoms with Crippen LogP contribution in [0.15, 0.2) is 78.9 Å². The van der Waals surface area contributed by atoms with E-state index in [1.165, 1.54) is 12.1 Å². The molecule has 3 rings (SSSR count). The molecule has 0 heterocycles. The Bertz CT molecular complexity index is 538. The Kier molecular flexibility index (Phi) is 6.96. The number of hydrogen-bond acceptors (Lipinski definition) is 1. The summed E-state index contributed by atoms with van der Waals surface area (Å²) < 4.78 is 12.6. The molecule has 0 aliphatic rings. The van der Waals surface area contributed by atoms with Crippen molar-refractivity contribution in [2.75, 3.05) is 0 Å². The van der Waals surface area contributed by atoms with Crippen molar-refractivity contribution in [2.24, 2.45) is 0 Å². The van der Waals surface area contributed by atoms with Gasteiger partial charge in [0, 0.05) is 0 Å². The van der Waals surface area contributed by atoms with Gasteiger partial charge in [-0.2, -0.15) is 30.3 Å². The van der Waals surface area contributed by atoms with Crippen molar-refractivity contribution in [3.05, 3.63) is 95.8 Å². The molecule has 0 amide bonds. The monoisotopic (exact) mass is 310 g/mol. The Morgan fingerprint density at radius 3 is 1.95 bits per heavy atom. The number of halogens is 1. The van der Waals surface area contributed by atoms with Crippen LogP contribution in [0.1, 0.15) is 17.2 Å². The van der Waals surface area contributed by atoms with Crippen LogP contribution >= 0.6 is 0 Å². The van der Waals surface area contributed by atoms with Crippen molar-refractivity contribution in [3.8, 4) is 0 Å². The van der Waals surface area contributed by atoms with Gasteiger partial charge in [-0.1, -0.05) is 12.1 Å². The minimum Gasteiger partial charge on any atom is -0.396 e. The summed E-state index contributed by atoms with van der Waals surface area (Å²) >= 11 is 0. The Balaban J connectivity index is 0.000000283. The van der Waals surface area contributed by atoms with Crippen LogP contribution < -0.4 is 0 Å². The van der Waals surface area contributed by atoms with Crippen molar-refractivity contribution >= 4 is 0 Å². The summed E-state index contributed by atoms with van der Waals surface area (Å²) in [5.41, 5.74) is 1.54. The summed E-state index contributed by atoms with van der Waals surface area (Å²) in [6.07, 6.45) is -0.661. The van der Waals surface area contributed by atoms with Crippen LogP contribution in [-0.2, 0) is 17.1 Å². The van der Waals surface area contributed by atoms with Crippen LogP contribution in [0, 0.1) is 5.82 Å². The standard InChI is InChI=1S/C12H10FO.C5H5.Fe/c13-11-7-5-10(6-8-11)12(14)9-3-1-2-4-9;1-2-4-5-3-1;/h1-8,12,14H;1-5H;/q2*-1;+2. The molecule has 0 saturated carbocycles. The molecule has 20 heavy (non-hydrogen) atoms. The van der Waals surface area contributed by atoms with E-state index in [0.29, 0.717) is 5.56 Å². The van der Waals surface area contributed by atoms with E-state index in [2.05, 4.69) is 0 Å². The molecule has 3 heteroatoms. The SMILES string of the molecule is OC(c1ccc(F)cc1)[c-]1cccc1.[Fe+2].c1cc[cH-]c1. The Labute approximate surface area is 128 Å². The third-order valence-corrected chi connectivity index (χ3v) is 2.75. The number of benzene rings is 1. The molecule has 0 aliphatic carbocycles. The molecular formula is C17H15FFeO. The minimum absolute atomic E-state index is 0.